The molecule has 0 aliphatic carbocycles. The molecule has 0 radical (unpaired) electrons. The van der Waals surface area contributed by atoms with Crippen molar-refractivity contribution in [2.45, 2.75) is 0 Å². The number of nitrogens with zero attached hydrogens (tertiary/aromatic N) is 2. The van der Waals surface area contributed by atoms with Gasteiger partial charge in [-0.1, -0.05) is 54.6 Å². The Balaban J connectivity index is 1.71. The Morgan fingerprint density at radius 1 is 0.923 bits per heavy atom. The first-order chi connectivity index (χ1) is 12.8. The molecule has 0 aliphatic rings. The van der Waals surface area contributed by atoms with E-state index in [0.717, 1.165) is 21.8 Å². The standard InChI is InChI=1S/C22H16N2OS/c25-20(17-8-3-1-4-9-17)14-13-18-16-24(19-10-5-2-6-11-19)23-22(18)21-12-7-15-26-21/h1-16H. The summed E-state index contributed by atoms with van der Waals surface area (Å²) >= 11 is 1.63. The summed E-state index contributed by atoms with van der Waals surface area (Å²) in [5, 5.41) is 6.77. The zero-order valence-corrected chi connectivity index (χ0v) is 14.8. The molecule has 3 nitrogen and oxygen atoms in total. The van der Waals surface area contributed by atoms with Crippen molar-refractivity contribution in [3.8, 4) is 16.3 Å². The van der Waals surface area contributed by atoms with E-state index in [0.29, 0.717) is 5.56 Å². The molecule has 4 rings (SSSR count). The molecule has 2 heterocycles. The largest absolute Gasteiger partial charge is 0.289 e. The van der Waals surface area contributed by atoms with Crippen molar-refractivity contribution in [2.24, 2.45) is 0 Å². The van der Waals surface area contributed by atoms with E-state index < -0.39 is 0 Å². The fraction of sp³-hybridized carbons (Fsp3) is 0. The van der Waals surface area contributed by atoms with Gasteiger partial charge >= 0.3 is 0 Å². The Morgan fingerprint density at radius 3 is 2.35 bits per heavy atom. The van der Waals surface area contributed by atoms with Gasteiger partial charge in [0.2, 0.25) is 0 Å². The fourth-order valence-electron chi connectivity index (χ4n) is 2.69. The van der Waals surface area contributed by atoms with E-state index in [-0.39, 0.29) is 5.78 Å². The lowest BCUT2D eigenvalue weighted by Crippen LogP contribution is -1.93. The number of hydrogen-bond acceptors (Lipinski definition) is 3. The molecule has 0 amide bonds. The second-order valence-corrected chi connectivity index (χ2v) is 6.70. The van der Waals surface area contributed by atoms with Crippen LogP contribution in [0.5, 0.6) is 0 Å². The van der Waals surface area contributed by atoms with Crippen LogP contribution in [0.15, 0.2) is 90.4 Å². The first kappa shape index (κ1) is 16.2. The van der Waals surface area contributed by atoms with E-state index >= 15 is 0 Å². The Kier molecular flexibility index (Phi) is 4.58. The molecule has 0 bridgehead atoms. The van der Waals surface area contributed by atoms with Crippen molar-refractivity contribution in [2.75, 3.05) is 0 Å². The predicted octanol–water partition coefficient (Wildman–Crippen LogP) is 5.50. The lowest BCUT2D eigenvalue weighted by molar-refractivity contribution is 0.104. The topological polar surface area (TPSA) is 34.9 Å². The molecule has 0 saturated heterocycles. The van der Waals surface area contributed by atoms with Gasteiger partial charge in [0.15, 0.2) is 5.78 Å². The molecule has 26 heavy (non-hydrogen) atoms. The maximum absolute atomic E-state index is 12.4. The third kappa shape index (κ3) is 3.41. The van der Waals surface area contributed by atoms with Crippen LogP contribution in [-0.4, -0.2) is 15.6 Å². The van der Waals surface area contributed by atoms with E-state index in [1.54, 1.807) is 17.4 Å². The second kappa shape index (κ2) is 7.33. The Hall–Kier alpha value is -3.24. The van der Waals surface area contributed by atoms with Crippen LogP contribution in [0, 0.1) is 0 Å². The van der Waals surface area contributed by atoms with Gasteiger partial charge in [-0.25, -0.2) is 4.68 Å². The zero-order valence-electron chi connectivity index (χ0n) is 13.9. The van der Waals surface area contributed by atoms with Gasteiger partial charge in [-0.2, -0.15) is 5.10 Å². The highest BCUT2D eigenvalue weighted by Crippen LogP contribution is 2.28. The highest BCUT2D eigenvalue weighted by Gasteiger charge is 2.12. The van der Waals surface area contributed by atoms with Gasteiger partial charge in [-0.3, -0.25) is 4.79 Å². The van der Waals surface area contributed by atoms with E-state index in [9.17, 15) is 4.79 Å². The highest BCUT2D eigenvalue weighted by molar-refractivity contribution is 7.13. The Labute approximate surface area is 155 Å². The number of carbonyl (C=O) groups excluding carboxylic acids is 1. The number of rotatable bonds is 5. The maximum atomic E-state index is 12.4. The van der Waals surface area contributed by atoms with E-state index in [1.165, 1.54) is 0 Å². The van der Waals surface area contributed by atoms with Gasteiger partial charge in [-0.05, 0) is 35.7 Å². The fourth-order valence-corrected chi connectivity index (χ4v) is 3.42. The van der Waals surface area contributed by atoms with E-state index in [2.05, 4.69) is 0 Å². The van der Waals surface area contributed by atoms with Crippen molar-refractivity contribution in [3.05, 3.63) is 102 Å². The van der Waals surface area contributed by atoms with Gasteiger partial charge in [0.1, 0.15) is 5.69 Å². The lowest BCUT2D eigenvalue weighted by Gasteiger charge is -1.99. The molecule has 4 aromatic rings. The van der Waals surface area contributed by atoms with Crippen molar-refractivity contribution in [3.63, 3.8) is 0 Å². The van der Waals surface area contributed by atoms with Gasteiger partial charge in [0.25, 0.3) is 0 Å². The van der Waals surface area contributed by atoms with Gasteiger partial charge < -0.3 is 0 Å². The molecular weight excluding hydrogens is 340 g/mol. The van der Waals surface area contributed by atoms with Crippen LogP contribution in [0.1, 0.15) is 15.9 Å². The van der Waals surface area contributed by atoms with Crippen LogP contribution in [0.25, 0.3) is 22.3 Å². The number of aromatic nitrogens is 2. The summed E-state index contributed by atoms with van der Waals surface area (Å²) in [6, 6.07) is 23.3. The summed E-state index contributed by atoms with van der Waals surface area (Å²) in [7, 11) is 0. The van der Waals surface area contributed by atoms with Crippen molar-refractivity contribution in [1.29, 1.82) is 0 Å². The number of benzene rings is 2. The predicted molar refractivity (Wildman–Crippen MR) is 107 cm³/mol. The van der Waals surface area contributed by atoms with Gasteiger partial charge in [-0.15, -0.1) is 11.3 Å². The van der Waals surface area contributed by atoms with Crippen molar-refractivity contribution < 1.29 is 4.79 Å². The monoisotopic (exact) mass is 356 g/mol. The number of allylic oxidation sites excluding steroid dienone is 1. The zero-order chi connectivity index (χ0) is 17.8. The molecule has 0 unspecified atom stereocenters. The molecular formula is C22H16N2OS. The van der Waals surface area contributed by atoms with E-state index in [1.807, 2.05) is 95.1 Å². The maximum Gasteiger partial charge on any atom is 0.185 e. The van der Waals surface area contributed by atoms with Crippen LogP contribution in [-0.2, 0) is 0 Å². The average molecular weight is 356 g/mol. The van der Waals surface area contributed by atoms with Crippen LogP contribution in [0.2, 0.25) is 0 Å². The molecule has 0 saturated carbocycles. The molecule has 126 valence electrons. The number of thiophene rings is 1. The minimum absolute atomic E-state index is 0.0183. The summed E-state index contributed by atoms with van der Waals surface area (Å²) in [4.78, 5) is 13.5. The molecule has 0 spiro atoms. The Bertz CT molecular complexity index is 1030. The molecule has 2 aromatic carbocycles. The Morgan fingerprint density at radius 2 is 1.65 bits per heavy atom. The normalized spacial score (nSPS) is 11.1. The summed E-state index contributed by atoms with van der Waals surface area (Å²) in [6.07, 6.45) is 5.41. The molecule has 2 aromatic heterocycles. The first-order valence-corrected chi connectivity index (χ1v) is 9.16. The smallest absolute Gasteiger partial charge is 0.185 e. The molecule has 0 atom stereocenters. The quantitative estimate of drug-likeness (QED) is 0.350. The summed E-state index contributed by atoms with van der Waals surface area (Å²) in [6.45, 7) is 0. The molecule has 0 aliphatic heterocycles. The summed E-state index contributed by atoms with van der Waals surface area (Å²) < 4.78 is 1.85. The average Bonchev–Trinajstić information content (AvgIpc) is 3.37. The van der Waals surface area contributed by atoms with Gasteiger partial charge in [0, 0.05) is 17.3 Å². The second-order valence-electron chi connectivity index (χ2n) is 5.75. The van der Waals surface area contributed by atoms with Crippen LogP contribution in [0.3, 0.4) is 0 Å². The van der Waals surface area contributed by atoms with E-state index in [4.69, 9.17) is 5.10 Å². The van der Waals surface area contributed by atoms with Crippen LogP contribution >= 0.6 is 11.3 Å². The summed E-state index contributed by atoms with van der Waals surface area (Å²) in [5.74, 6) is -0.0183. The third-order valence-corrected chi connectivity index (χ3v) is 4.87. The first-order valence-electron chi connectivity index (χ1n) is 8.28. The number of carbonyl (C=O) groups is 1. The van der Waals surface area contributed by atoms with Crippen LogP contribution in [0.4, 0.5) is 0 Å². The third-order valence-electron chi connectivity index (χ3n) is 3.99. The lowest BCUT2D eigenvalue weighted by atomic mass is 10.1. The minimum atomic E-state index is -0.0183. The number of para-hydroxylation sites is 1. The number of hydrogen-bond donors (Lipinski definition) is 0. The molecule has 0 fully saturated rings. The minimum Gasteiger partial charge on any atom is -0.289 e. The molecule has 0 N–H and O–H groups in total. The van der Waals surface area contributed by atoms with Crippen molar-refractivity contribution >= 4 is 23.2 Å². The number of ketones is 1. The van der Waals surface area contributed by atoms with Crippen molar-refractivity contribution in [1.82, 2.24) is 9.78 Å². The van der Waals surface area contributed by atoms with Crippen LogP contribution < -0.4 is 0 Å². The highest BCUT2D eigenvalue weighted by atomic mass is 32.1. The SMILES string of the molecule is O=C(C=Cc1cn(-c2ccccc2)nc1-c1cccs1)c1ccccc1. The van der Waals surface area contributed by atoms with Gasteiger partial charge in [0.05, 0.1) is 10.6 Å². The summed E-state index contributed by atoms with van der Waals surface area (Å²) in [5.41, 5.74) is 3.46. The molecule has 4 heteroatoms.